The number of hydrogen-bond acceptors (Lipinski definition) is 2. The molecule has 0 aliphatic heterocycles. The summed E-state index contributed by atoms with van der Waals surface area (Å²) in [5.74, 6) is 0.883. The lowest BCUT2D eigenvalue weighted by Gasteiger charge is -2.08. The van der Waals surface area contributed by atoms with Crippen LogP contribution < -0.4 is 0 Å². The molecule has 0 aliphatic carbocycles. The number of aliphatic hydroxyl groups is 1. The van der Waals surface area contributed by atoms with Crippen molar-refractivity contribution in [3.05, 3.63) is 47.0 Å². The number of aliphatic hydroxyl groups excluding tert-OH is 1. The average molecular weight is 223 g/mol. The molecule has 78 valence electrons. The topological polar surface area (TPSA) is 38.0 Å². The Morgan fingerprint density at radius 2 is 2.27 bits per heavy atom. The first-order valence-electron chi connectivity index (χ1n) is 4.62. The van der Waals surface area contributed by atoms with Crippen LogP contribution in [0.15, 0.2) is 30.6 Å². The summed E-state index contributed by atoms with van der Waals surface area (Å²) >= 11 is 6.11. The molecule has 0 aliphatic rings. The van der Waals surface area contributed by atoms with Gasteiger partial charge in [-0.3, -0.25) is 0 Å². The van der Waals surface area contributed by atoms with Crippen LogP contribution in [-0.4, -0.2) is 14.7 Å². The molecule has 1 heterocycles. The highest BCUT2D eigenvalue weighted by Gasteiger charge is 2.05. The van der Waals surface area contributed by atoms with Gasteiger partial charge in [0.2, 0.25) is 0 Å². The standard InChI is InChI=1S/C11H11ClN2O/c1-8-13-4-5-14(8)11-3-2-9(7-15)6-10(11)12/h2-6,15H,7H2,1H3. The number of rotatable bonds is 2. The van der Waals surface area contributed by atoms with Gasteiger partial charge in [-0.15, -0.1) is 0 Å². The molecule has 4 heteroatoms. The minimum atomic E-state index is 0.00289. The van der Waals surface area contributed by atoms with E-state index in [0.29, 0.717) is 5.02 Å². The van der Waals surface area contributed by atoms with Crippen molar-refractivity contribution in [2.75, 3.05) is 0 Å². The Morgan fingerprint density at radius 3 is 2.80 bits per heavy atom. The van der Waals surface area contributed by atoms with E-state index in [1.807, 2.05) is 29.8 Å². The van der Waals surface area contributed by atoms with Crippen molar-refractivity contribution >= 4 is 11.6 Å². The fourth-order valence-electron chi connectivity index (χ4n) is 1.48. The van der Waals surface area contributed by atoms with E-state index >= 15 is 0 Å². The van der Waals surface area contributed by atoms with Crippen LogP contribution in [-0.2, 0) is 6.61 Å². The smallest absolute Gasteiger partial charge is 0.110 e. The molecule has 1 aromatic carbocycles. The van der Waals surface area contributed by atoms with Gasteiger partial charge in [-0.2, -0.15) is 0 Å². The van der Waals surface area contributed by atoms with E-state index in [1.165, 1.54) is 0 Å². The Kier molecular flexibility index (Phi) is 2.75. The predicted molar refractivity (Wildman–Crippen MR) is 59.2 cm³/mol. The molecule has 3 nitrogen and oxygen atoms in total. The predicted octanol–water partition coefficient (Wildman–Crippen LogP) is 2.33. The molecule has 15 heavy (non-hydrogen) atoms. The molecule has 0 bridgehead atoms. The monoisotopic (exact) mass is 222 g/mol. The van der Waals surface area contributed by atoms with Crippen LogP contribution in [0.2, 0.25) is 5.02 Å². The summed E-state index contributed by atoms with van der Waals surface area (Å²) < 4.78 is 1.91. The zero-order valence-electron chi connectivity index (χ0n) is 8.31. The average Bonchev–Trinajstić information content (AvgIpc) is 2.64. The maximum Gasteiger partial charge on any atom is 0.110 e. The van der Waals surface area contributed by atoms with E-state index in [-0.39, 0.29) is 6.61 Å². The summed E-state index contributed by atoms with van der Waals surface area (Å²) in [5, 5.41) is 9.57. The Bertz CT molecular complexity index is 479. The minimum Gasteiger partial charge on any atom is -0.392 e. The molecule has 0 fully saturated rings. The third-order valence-electron chi connectivity index (χ3n) is 2.28. The number of aromatic nitrogens is 2. The van der Waals surface area contributed by atoms with E-state index in [0.717, 1.165) is 17.1 Å². The molecule has 1 N–H and O–H groups in total. The fraction of sp³-hybridized carbons (Fsp3) is 0.182. The summed E-state index contributed by atoms with van der Waals surface area (Å²) in [6.07, 6.45) is 3.58. The molecule has 2 rings (SSSR count). The van der Waals surface area contributed by atoms with Crippen molar-refractivity contribution in [2.24, 2.45) is 0 Å². The normalized spacial score (nSPS) is 10.6. The number of hydrogen-bond donors (Lipinski definition) is 1. The van der Waals surface area contributed by atoms with Gasteiger partial charge < -0.3 is 9.67 Å². The number of imidazole rings is 1. The van der Waals surface area contributed by atoms with Crippen LogP contribution in [0.5, 0.6) is 0 Å². The van der Waals surface area contributed by atoms with Gasteiger partial charge in [-0.1, -0.05) is 17.7 Å². The van der Waals surface area contributed by atoms with Crippen LogP contribution >= 0.6 is 11.6 Å². The quantitative estimate of drug-likeness (QED) is 0.847. The third-order valence-corrected chi connectivity index (χ3v) is 2.58. The Labute approximate surface area is 93.0 Å². The summed E-state index contributed by atoms with van der Waals surface area (Å²) in [4.78, 5) is 4.13. The first-order chi connectivity index (χ1) is 7.22. The molecular weight excluding hydrogens is 212 g/mol. The highest BCUT2D eigenvalue weighted by atomic mass is 35.5. The summed E-state index contributed by atoms with van der Waals surface area (Å²) in [7, 11) is 0. The Morgan fingerprint density at radius 1 is 1.47 bits per heavy atom. The number of nitrogens with zero attached hydrogens (tertiary/aromatic N) is 2. The minimum absolute atomic E-state index is 0.00289. The molecule has 2 aromatic rings. The molecule has 0 radical (unpaired) electrons. The number of aryl methyl sites for hydroxylation is 1. The van der Waals surface area contributed by atoms with Gasteiger partial charge in [0.05, 0.1) is 17.3 Å². The van der Waals surface area contributed by atoms with E-state index in [2.05, 4.69) is 4.98 Å². The fourth-order valence-corrected chi connectivity index (χ4v) is 1.77. The van der Waals surface area contributed by atoms with Gasteiger partial charge in [0.25, 0.3) is 0 Å². The van der Waals surface area contributed by atoms with E-state index in [4.69, 9.17) is 16.7 Å². The van der Waals surface area contributed by atoms with Crippen LogP contribution in [0.1, 0.15) is 11.4 Å². The second kappa shape index (κ2) is 4.04. The number of halogens is 1. The highest BCUT2D eigenvalue weighted by Crippen LogP contribution is 2.22. The third kappa shape index (κ3) is 1.89. The summed E-state index contributed by atoms with van der Waals surface area (Å²) in [5.41, 5.74) is 1.69. The first-order valence-corrected chi connectivity index (χ1v) is 5.00. The summed E-state index contributed by atoms with van der Waals surface area (Å²) in [6, 6.07) is 5.49. The lowest BCUT2D eigenvalue weighted by atomic mass is 10.2. The van der Waals surface area contributed by atoms with E-state index in [9.17, 15) is 0 Å². The molecule has 0 atom stereocenters. The molecular formula is C11H11ClN2O. The van der Waals surface area contributed by atoms with E-state index < -0.39 is 0 Å². The van der Waals surface area contributed by atoms with Gasteiger partial charge >= 0.3 is 0 Å². The van der Waals surface area contributed by atoms with Crippen LogP contribution in [0.3, 0.4) is 0 Å². The van der Waals surface area contributed by atoms with Gasteiger partial charge in [-0.25, -0.2) is 4.98 Å². The van der Waals surface area contributed by atoms with Gasteiger partial charge in [0, 0.05) is 12.4 Å². The SMILES string of the molecule is Cc1nccn1-c1ccc(CO)cc1Cl. The lowest BCUT2D eigenvalue weighted by Crippen LogP contribution is -1.97. The largest absolute Gasteiger partial charge is 0.392 e. The van der Waals surface area contributed by atoms with Crippen molar-refractivity contribution in [2.45, 2.75) is 13.5 Å². The molecule has 0 amide bonds. The van der Waals surface area contributed by atoms with Crippen LogP contribution in [0.25, 0.3) is 5.69 Å². The van der Waals surface area contributed by atoms with Gasteiger partial charge in [-0.05, 0) is 24.6 Å². The number of benzene rings is 1. The highest BCUT2D eigenvalue weighted by molar-refractivity contribution is 6.32. The second-order valence-corrected chi connectivity index (χ2v) is 3.70. The summed E-state index contributed by atoms with van der Waals surface area (Å²) in [6.45, 7) is 1.92. The Balaban J connectivity index is 2.50. The van der Waals surface area contributed by atoms with Crippen molar-refractivity contribution in [3.8, 4) is 5.69 Å². The van der Waals surface area contributed by atoms with Crippen molar-refractivity contribution < 1.29 is 5.11 Å². The molecule has 1 aromatic heterocycles. The van der Waals surface area contributed by atoms with Crippen LogP contribution in [0.4, 0.5) is 0 Å². The van der Waals surface area contributed by atoms with Crippen molar-refractivity contribution in [3.63, 3.8) is 0 Å². The van der Waals surface area contributed by atoms with E-state index in [1.54, 1.807) is 12.3 Å². The zero-order chi connectivity index (χ0) is 10.8. The lowest BCUT2D eigenvalue weighted by molar-refractivity contribution is 0.282. The second-order valence-electron chi connectivity index (χ2n) is 3.29. The van der Waals surface area contributed by atoms with Gasteiger partial charge in [0.15, 0.2) is 0 Å². The maximum atomic E-state index is 8.96. The maximum absolute atomic E-state index is 8.96. The zero-order valence-corrected chi connectivity index (χ0v) is 9.07. The molecule has 0 saturated carbocycles. The molecule has 0 unspecified atom stereocenters. The Hall–Kier alpha value is -1.32. The molecule has 0 spiro atoms. The van der Waals surface area contributed by atoms with Crippen molar-refractivity contribution in [1.82, 2.24) is 9.55 Å². The van der Waals surface area contributed by atoms with Gasteiger partial charge in [0.1, 0.15) is 5.82 Å². The van der Waals surface area contributed by atoms with Crippen molar-refractivity contribution in [1.29, 1.82) is 0 Å². The molecule has 0 saturated heterocycles. The first kappa shape index (κ1) is 10.2. The van der Waals surface area contributed by atoms with Crippen LogP contribution in [0, 0.1) is 6.92 Å².